The molecule has 7 rings (SSSR count). The molecule has 2 atom stereocenters. The van der Waals surface area contributed by atoms with Crippen LogP contribution in [0.3, 0.4) is 0 Å². The molecule has 2 aromatic heterocycles. The Kier molecular flexibility index (Phi) is 5.51. The molecule has 10 nitrogen and oxygen atoms in total. The van der Waals surface area contributed by atoms with Crippen molar-refractivity contribution in [1.29, 1.82) is 0 Å². The van der Waals surface area contributed by atoms with E-state index in [9.17, 15) is 14.4 Å². The van der Waals surface area contributed by atoms with E-state index in [0.29, 0.717) is 45.5 Å². The zero-order valence-electron chi connectivity index (χ0n) is 21.7. The lowest BCUT2D eigenvalue weighted by molar-refractivity contribution is -0.125. The average Bonchev–Trinajstić information content (AvgIpc) is 3.71. The van der Waals surface area contributed by atoms with Crippen molar-refractivity contribution in [2.75, 3.05) is 18.8 Å². The summed E-state index contributed by atoms with van der Waals surface area (Å²) in [5, 5.41) is 5.71. The molecule has 2 fully saturated rings. The summed E-state index contributed by atoms with van der Waals surface area (Å²) >= 11 is 0. The van der Waals surface area contributed by atoms with E-state index in [4.69, 9.17) is 10.8 Å². The minimum Gasteiger partial charge on any atom is -0.383 e. The maximum Gasteiger partial charge on any atom is 0.261 e. The molecule has 0 radical (unpaired) electrons. The second-order valence-corrected chi connectivity index (χ2v) is 10.8. The van der Waals surface area contributed by atoms with Crippen molar-refractivity contribution in [2.24, 2.45) is 11.8 Å². The summed E-state index contributed by atoms with van der Waals surface area (Å²) in [5.41, 5.74) is 10.3. The molecule has 1 aliphatic carbocycles. The summed E-state index contributed by atoms with van der Waals surface area (Å²) < 4.78 is 1.98. The van der Waals surface area contributed by atoms with E-state index in [-0.39, 0.29) is 30.3 Å². The van der Waals surface area contributed by atoms with Crippen molar-refractivity contribution in [1.82, 2.24) is 29.5 Å². The predicted octanol–water partition coefficient (Wildman–Crippen LogP) is 3.47. The van der Waals surface area contributed by atoms with E-state index in [1.54, 1.807) is 24.3 Å². The van der Waals surface area contributed by atoms with E-state index in [0.717, 1.165) is 37.1 Å². The van der Waals surface area contributed by atoms with Crippen LogP contribution in [-0.4, -0.2) is 60.4 Å². The number of hydrogen-bond donors (Lipinski definition) is 1. The molecule has 1 saturated carbocycles. The normalized spacial score (nSPS) is 21.8. The molecule has 4 heterocycles. The zero-order chi connectivity index (χ0) is 27.5. The van der Waals surface area contributed by atoms with Gasteiger partial charge in [-0.3, -0.25) is 19.3 Å². The number of carbonyl (C=O) groups excluding carboxylic acids is 3. The SMILES string of the molecule is C=CC(=O)N1CC2CC(n3nc(-c4ccc(CN5C(=O)c6ccccc6C5=O)cc4)c4c(N)ncnc43)CC2C1. The number of fused-ring (bicyclic) bond motifs is 3. The maximum absolute atomic E-state index is 12.8. The number of nitrogens with two attached hydrogens (primary N) is 1. The van der Waals surface area contributed by atoms with Gasteiger partial charge in [-0.15, -0.1) is 0 Å². The Bertz CT molecular complexity index is 1660. The van der Waals surface area contributed by atoms with Gasteiger partial charge >= 0.3 is 0 Å². The monoisotopic (exact) mass is 533 g/mol. The lowest BCUT2D eigenvalue weighted by Crippen LogP contribution is -2.29. The Hall–Kier alpha value is -4.86. The third-order valence-corrected chi connectivity index (χ3v) is 8.52. The fraction of sp³-hybridized carbons (Fsp3) is 0.267. The van der Waals surface area contributed by atoms with Gasteiger partial charge in [-0.2, -0.15) is 5.10 Å². The smallest absolute Gasteiger partial charge is 0.261 e. The number of nitrogen functional groups attached to an aromatic ring is 1. The molecule has 3 aliphatic rings. The third-order valence-electron chi connectivity index (χ3n) is 8.52. The van der Waals surface area contributed by atoms with Crippen LogP contribution in [-0.2, 0) is 11.3 Å². The van der Waals surface area contributed by atoms with Crippen molar-refractivity contribution in [3.63, 3.8) is 0 Å². The molecule has 2 aromatic carbocycles. The first kappa shape index (κ1) is 24.2. The highest BCUT2D eigenvalue weighted by Crippen LogP contribution is 2.45. The van der Waals surface area contributed by atoms with Gasteiger partial charge < -0.3 is 10.6 Å². The van der Waals surface area contributed by atoms with Crippen molar-refractivity contribution in [3.05, 3.63) is 84.2 Å². The number of nitrogens with zero attached hydrogens (tertiary/aromatic N) is 6. The molecule has 40 heavy (non-hydrogen) atoms. The van der Waals surface area contributed by atoms with Crippen LogP contribution in [0, 0.1) is 11.8 Å². The molecule has 0 spiro atoms. The van der Waals surface area contributed by atoms with Gasteiger partial charge in [-0.1, -0.05) is 43.0 Å². The second kappa shape index (κ2) is 9.11. The number of carbonyl (C=O) groups is 3. The van der Waals surface area contributed by atoms with Crippen LogP contribution in [0.1, 0.15) is 45.2 Å². The van der Waals surface area contributed by atoms with Gasteiger partial charge in [0.1, 0.15) is 17.8 Å². The first-order chi connectivity index (χ1) is 19.4. The van der Waals surface area contributed by atoms with Crippen LogP contribution in [0.5, 0.6) is 0 Å². The molecule has 200 valence electrons. The van der Waals surface area contributed by atoms with Crippen molar-refractivity contribution >= 4 is 34.6 Å². The van der Waals surface area contributed by atoms with Crippen LogP contribution >= 0.6 is 0 Å². The van der Waals surface area contributed by atoms with Gasteiger partial charge in [-0.25, -0.2) is 14.6 Å². The van der Waals surface area contributed by atoms with Gasteiger partial charge in [0.2, 0.25) is 5.91 Å². The van der Waals surface area contributed by atoms with Crippen molar-refractivity contribution in [2.45, 2.75) is 25.4 Å². The molecule has 3 amide bonds. The van der Waals surface area contributed by atoms with Gasteiger partial charge in [0.05, 0.1) is 29.1 Å². The first-order valence-electron chi connectivity index (χ1n) is 13.4. The Balaban J connectivity index is 1.15. The largest absolute Gasteiger partial charge is 0.383 e. The van der Waals surface area contributed by atoms with Gasteiger partial charge in [0.25, 0.3) is 11.8 Å². The van der Waals surface area contributed by atoms with Crippen LogP contribution in [0.15, 0.2) is 67.5 Å². The Morgan fingerprint density at radius 3 is 2.25 bits per heavy atom. The number of aromatic nitrogens is 4. The molecule has 2 N–H and O–H groups in total. The lowest BCUT2D eigenvalue weighted by Gasteiger charge is -2.18. The van der Waals surface area contributed by atoms with Gasteiger partial charge in [-0.05, 0) is 48.4 Å². The number of anilines is 1. The van der Waals surface area contributed by atoms with E-state index in [2.05, 4.69) is 16.5 Å². The van der Waals surface area contributed by atoms with Gasteiger partial charge in [0, 0.05) is 18.7 Å². The van der Waals surface area contributed by atoms with Crippen LogP contribution < -0.4 is 5.73 Å². The lowest BCUT2D eigenvalue weighted by atomic mass is 10.0. The summed E-state index contributed by atoms with van der Waals surface area (Å²) in [5.74, 6) is 0.622. The summed E-state index contributed by atoms with van der Waals surface area (Å²) in [7, 11) is 0. The molecule has 1 saturated heterocycles. The van der Waals surface area contributed by atoms with E-state index >= 15 is 0 Å². The molecule has 2 unspecified atom stereocenters. The molecular formula is C30H27N7O3. The molecular weight excluding hydrogens is 506 g/mol. The zero-order valence-corrected chi connectivity index (χ0v) is 21.7. The fourth-order valence-electron chi connectivity index (χ4n) is 6.56. The standard InChI is InChI=1S/C30H27N7O3/c1-2-24(38)35-14-19-11-21(12-20(19)15-35)37-28-25(27(31)32-16-33-28)26(34-37)18-9-7-17(8-10-18)13-36-29(39)22-5-3-4-6-23(22)30(36)40/h2-10,16,19-21H,1,11-15H2,(H2,31,32,33). The minimum atomic E-state index is -0.280. The highest BCUT2D eigenvalue weighted by molar-refractivity contribution is 6.21. The Labute approximate surface area is 230 Å². The number of benzene rings is 2. The molecule has 0 bridgehead atoms. The van der Waals surface area contributed by atoms with Crippen molar-refractivity contribution in [3.8, 4) is 11.3 Å². The van der Waals surface area contributed by atoms with E-state index < -0.39 is 0 Å². The van der Waals surface area contributed by atoms with Crippen LogP contribution in [0.25, 0.3) is 22.3 Å². The Morgan fingerprint density at radius 2 is 1.62 bits per heavy atom. The fourth-order valence-corrected chi connectivity index (χ4v) is 6.56. The second-order valence-electron chi connectivity index (χ2n) is 10.8. The predicted molar refractivity (Wildman–Crippen MR) is 148 cm³/mol. The molecule has 4 aromatic rings. The number of hydrogen-bond acceptors (Lipinski definition) is 7. The number of imide groups is 1. The number of likely N-dealkylation sites (tertiary alicyclic amines) is 1. The summed E-state index contributed by atoms with van der Waals surface area (Å²) in [6.45, 7) is 5.28. The molecule has 2 aliphatic heterocycles. The summed E-state index contributed by atoms with van der Waals surface area (Å²) in [6, 6.07) is 14.7. The minimum absolute atomic E-state index is 0.00950. The highest BCUT2D eigenvalue weighted by Gasteiger charge is 2.43. The van der Waals surface area contributed by atoms with Gasteiger partial charge in [0.15, 0.2) is 5.65 Å². The number of amides is 3. The average molecular weight is 534 g/mol. The molecule has 10 heteroatoms. The quantitative estimate of drug-likeness (QED) is 0.307. The first-order valence-corrected chi connectivity index (χ1v) is 13.4. The van der Waals surface area contributed by atoms with Crippen LogP contribution in [0.4, 0.5) is 5.82 Å². The highest BCUT2D eigenvalue weighted by atomic mass is 16.2. The van der Waals surface area contributed by atoms with E-state index in [1.807, 2.05) is 33.8 Å². The summed E-state index contributed by atoms with van der Waals surface area (Å²) in [6.07, 6.45) is 4.66. The third kappa shape index (κ3) is 3.70. The van der Waals surface area contributed by atoms with Crippen molar-refractivity contribution < 1.29 is 14.4 Å². The maximum atomic E-state index is 12.8. The van der Waals surface area contributed by atoms with E-state index in [1.165, 1.54) is 17.3 Å². The Morgan fingerprint density at radius 1 is 0.975 bits per heavy atom. The topological polar surface area (TPSA) is 127 Å². The van der Waals surface area contributed by atoms with Crippen LogP contribution in [0.2, 0.25) is 0 Å². The number of rotatable bonds is 5. The summed E-state index contributed by atoms with van der Waals surface area (Å²) in [4.78, 5) is 49.6.